The predicted molar refractivity (Wildman–Crippen MR) is 90.5 cm³/mol. The standard InChI is InChI=1S/C19H19N3O2/c1-13-17(14-7-3-2-4-8-14)20-21-18(13)19(23)22-11-5-9-15(22)16-10-6-12-24-16/h2-4,6-8,10,12,15H,5,9,11H2,1H3,(H,20,21)/t15-/m1/s1. The molecule has 0 radical (unpaired) electrons. The Labute approximate surface area is 140 Å². The van der Waals surface area contributed by atoms with Gasteiger partial charge in [-0.15, -0.1) is 0 Å². The van der Waals surface area contributed by atoms with E-state index in [1.807, 2.05) is 54.3 Å². The molecular weight excluding hydrogens is 302 g/mol. The van der Waals surface area contributed by atoms with Crippen molar-refractivity contribution in [3.05, 3.63) is 65.7 Å². The lowest BCUT2D eigenvalue weighted by molar-refractivity contribution is 0.0713. The molecule has 1 fully saturated rings. The van der Waals surface area contributed by atoms with E-state index >= 15 is 0 Å². The Hall–Kier alpha value is -2.82. The number of hydrogen-bond acceptors (Lipinski definition) is 3. The lowest BCUT2D eigenvalue weighted by Crippen LogP contribution is -2.31. The highest BCUT2D eigenvalue weighted by atomic mass is 16.3. The molecule has 0 unspecified atom stereocenters. The molecule has 3 aromatic rings. The van der Waals surface area contributed by atoms with Crippen LogP contribution in [0.2, 0.25) is 0 Å². The molecule has 0 spiro atoms. The zero-order valence-electron chi connectivity index (χ0n) is 13.5. The molecule has 122 valence electrons. The summed E-state index contributed by atoms with van der Waals surface area (Å²) in [5, 5.41) is 7.31. The number of amides is 1. The monoisotopic (exact) mass is 321 g/mol. The number of nitrogens with one attached hydrogen (secondary N) is 1. The minimum absolute atomic E-state index is 0.00961. The zero-order valence-corrected chi connectivity index (χ0v) is 13.5. The largest absolute Gasteiger partial charge is 0.467 e. The van der Waals surface area contributed by atoms with Gasteiger partial charge in [0, 0.05) is 17.7 Å². The molecule has 24 heavy (non-hydrogen) atoms. The van der Waals surface area contributed by atoms with Gasteiger partial charge in [0.25, 0.3) is 5.91 Å². The van der Waals surface area contributed by atoms with E-state index in [1.54, 1.807) is 6.26 Å². The average Bonchev–Trinajstić information content (AvgIpc) is 3.35. The number of likely N-dealkylation sites (tertiary alicyclic amines) is 1. The Balaban J connectivity index is 1.64. The fourth-order valence-electron chi connectivity index (χ4n) is 3.41. The molecule has 1 amide bonds. The van der Waals surface area contributed by atoms with Crippen LogP contribution in [0, 0.1) is 6.92 Å². The van der Waals surface area contributed by atoms with Crippen LogP contribution in [0.4, 0.5) is 0 Å². The number of aromatic amines is 1. The van der Waals surface area contributed by atoms with Crippen LogP contribution < -0.4 is 0 Å². The van der Waals surface area contributed by atoms with Crippen molar-refractivity contribution in [1.82, 2.24) is 15.1 Å². The number of furan rings is 1. The van der Waals surface area contributed by atoms with Crippen molar-refractivity contribution in [1.29, 1.82) is 0 Å². The Morgan fingerprint density at radius 3 is 2.83 bits per heavy atom. The number of H-pyrrole nitrogens is 1. The SMILES string of the molecule is Cc1c(-c2ccccc2)n[nH]c1C(=O)N1CCC[C@@H]1c1ccco1. The summed E-state index contributed by atoms with van der Waals surface area (Å²) in [7, 11) is 0. The van der Waals surface area contributed by atoms with Crippen LogP contribution in [0.15, 0.2) is 53.1 Å². The molecule has 1 aromatic carbocycles. The fourth-order valence-corrected chi connectivity index (χ4v) is 3.41. The van der Waals surface area contributed by atoms with Gasteiger partial charge >= 0.3 is 0 Å². The van der Waals surface area contributed by atoms with Gasteiger partial charge < -0.3 is 9.32 Å². The van der Waals surface area contributed by atoms with Gasteiger partial charge in [0.15, 0.2) is 0 Å². The molecule has 0 saturated carbocycles. The third-order valence-electron chi connectivity index (χ3n) is 4.66. The first kappa shape index (κ1) is 14.8. The molecule has 5 nitrogen and oxygen atoms in total. The van der Waals surface area contributed by atoms with Gasteiger partial charge in [-0.2, -0.15) is 5.10 Å². The third kappa shape index (κ3) is 2.42. The summed E-state index contributed by atoms with van der Waals surface area (Å²) < 4.78 is 5.52. The van der Waals surface area contributed by atoms with Crippen molar-refractivity contribution in [3.8, 4) is 11.3 Å². The summed E-state index contributed by atoms with van der Waals surface area (Å²) in [5.74, 6) is 0.836. The molecular formula is C19H19N3O2. The van der Waals surface area contributed by atoms with Gasteiger partial charge in [-0.1, -0.05) is 30.3 Å². The van der Waals surface area contributed by atoms with Crippen LogP contribution in [-0.2, 0) is 0 Å². The van der Waals surface area contributed by atoms with Crippen LogP contribution in [-0.4, -0.2) is 27.5 Å². The Bertz CT molecular complexity index is 837. The smallest absolute Gasteiger partial charge is 0.272 e. The van der Waals surface area contributed by atoms with E-state index in [4.69, 9.17) is 4.42 Å². The molecule has 1 aliphatic heterocycles. The summed E-state index contributed by atoms with van der Waals surface area (Å²) >= 11 is 0. The Kier molecular flexibility index (Phi) is 3.69. The Morgan fingerprint density at radius 1 is 1.25 bits per heavy atom. The molecule has 1 saturated heterocycles. The number of carbonyl (C=O) groups excluding carboxylic acids is 1. The van der Waals surface area contributed by atoms with E-state index in [0.717, 1.165) is 42.0 Å². The maximum atomic E-state index is 13.0. The van der Waals surface area contributed by atoms with E-state index in [1.165, 1.54) is 0 Å². The molecule has 0 aliphatic carbocycles. The normalized spacial score (nSPS) is 17.4. The summed E-state index contributed by atoms with van der Waals surface area (Å²) in [6, 6.07) is 13.7. The van der Waals surface area contributed by atoms with Crippen molar-refractivity contribution in [2.24, 2.45) is 0 Å². The summed E-state index contributed by atoms with van der Waals surface area (Å²) in [6.07, 6.45) is 3.57. The van der Waals surface area contributed by atoms with Gasteiger partial charge in [0.05, 0.1) is 18.0 Å². The highest BCUT2D eigenvalue weighted by Crippen LogP contribution is 2.34. The van der Waals surface area contributed by atoms with Crippen molar-refractivity contribution >= 4 is 5.91 Å². The van der Waals surface area contributed by atoms with Gasteiger partial charge in [-0.3, -0.25) is 9.89 Å². The zero-order chi connectivity index (χ0) is 16.5. The molecule has 5 heteroatoms. The average molecular weight is 321 g/mol. The lowest BCUT2D eigenvalue weighted by Gasteiger charge is -2.22. The van der Waals surface area contributed by atoms with Crippen molar-refractivity contribution in [2.45, 2.75) is 25.8 Å². The molecule has 1 aliphatic rings. The van der Waals surface area contributed by atoms with Crippen LogP contribution in [0.5, 0.6) is 0 Å². The number of nitrogens with zero attached hydrogens (tertiary/aromatic N) is 2. The summed E-state index contributed by atoms with van der Waals surface area (Å²) in [4.78, 5) is 14.9. The van der Waals surface area contributed by atoms with Gasteiger partial charge in [-0.25, -0.2) is 0 Å². The molecule has 4 rings (SSSR count). The molecule has 1 atom stereocenters. The first-order chi connectivity index (χ1) is 11.8. The molecule has 2 aromatic heterocycles. The second kappa shape index (κ2) is 6.00. The summed E-state index contributed by atoms with van der Waals surface area (Å²) in [6.45, 7) is 2.68. The van der Waals surface area contributed by atoms with E-state index in [0.29, 0.717) is 5.69 Å². The lowest BCUT2D eigenvalue weighted by atomic mass is 10.1. The van der Waals surface area contributed by atoms with Crippen molar-refractivity contribution < 1.29 is 9.21 Å². The Morgan fingerprint density at radius 2 is 2.08 bits per heavy atom. The van der Waals surface area contributed by atoms with E-state index in [-0.39, 0.29) is 11.9 Å². The molecule has 3 heterocycles. The number of benzene rings is 1. The molecule has 0 bridgehead atoms. The van der Waals surface area contributed by atoms with Gasteiger partial charge in [0.2, 0.25) is 0 Å². The number of carbonyl (C=O) groups is 1. The quantitative estimate of drug-likeness (QED) is 0.794. The van der Waals surface area contributed by atoms with Crippen molar-refractivity contribution in [2.75, 3.05) is 6.54 Å². The summed E-state index contributed by atoms with van der Waals surface area (Å²) in [5.41, 5.74) is 3.28. The minimum Gasteiger partial charge on any atom is -0.467 e. The molecule has 1 N–H and O–H groups in total. The number of aromatic nitrogens is 2. The fraction of sp³-hybridized carbons (Fsp3) is 0.263. The first-order valence-electron chi connectivity index (χ1n) is 8.20. The number of hydrogen-bond donors (Lipinski definition) is 1. The highest BCUT2D eigenvalue weighted by Gasteiger charge is 2.34. The second-order valence-electron chi connectivity index (χ2n) is 6.11. The van der Waals surface area contributed by atoms with E-state index in [2.05, 4.69) is 10.2 Å². The van der Waals surface area contributed by atoms with Crippen molar-refractivity contribution in [3.63, 3.8) is 0 Å². The second-order valence-corrected chi connectivity index (χ2v) is 6.11. The van der Waals surface area contributed by atoms with Crippen LogP contribution in [0.25, 0.3) is 11.3 Å². The van der Waals surface area contributed by atoms with Gasteiger partial charge in [-0.05, 0) is 31.9 Å². The van der Waals surface area contributed by atoms with Gasteiger partial charge in [0.1, 0.15) is 11.5 Å². The van der Waals surface area contributed by atoms with E-state index < -0.39 is 0 Å². The van der Waals surface area contributed by atoms with Crippen LogP contribution in [0.3, 0.4) is 0 Å². The highest BCUT2D eigenvalue weighted by molar-refractivity contribution is 5.95. The van der Waals surface area contributed by atoms with E-state index in [9.17, 15) is 4.79 Å². The predicted octanol–water partition coefficient (Wildman–Crippen LogP) is 3.96. The topological polar surface area (TPSA) is 62.1 Å². The maximum absolute atomic E-state index is 13.0. The maximum Gasteiger partial charge on any atom is 0.272 e. The van der Waals surface area contributed by atoms with Crippen LogP contribution in [0.1, 0.15) is 40.7 Å². The van der Waals surface area contributed by atoms with Crippen LogP contribution >= 0.6 is 0 Å². The number of rotatable bonds is 3. The third-order valence-corrected chi connectivity index (χ3v) is 4.66. The minimum atomic E-state index is -0.0129. The first-order valence-corrected chi connectivity index (χ1v) is 8.20.